The number of aromatic nitrogens is 1. The third kappa shape index (κ3) is 3.73. The van der Waals surface area contributed by atoms with Crippen molar-refractivity contribution in [3.63, 3.8) is 0 Å². The van der Waals surface area contributed by atoms with Crippen LogP contribution in [0, 0.1) is 13.8 Å². The Balaban J connectivity index is 1.37. The average molecular weight is 445 g/mol. The van der Waals surface area contributed by atoms with Gasteiger partial charge >= 0.3 is 5.63 Å². The monoisotopic (exact) mass is 445 g/mol. The highest BCUT2D eigenvalue weighted by atomic mass is 16.4. The van der Waals surface area contributed by atoms with Crippen LogP contribution in [0.2, 0.25) is 0 Å². The largest absolute Gasteiger partial charge is 0.507 e. The van der Waals surface area contributed by atoms with Gasteiger partial charge in [-0.05, 0) is 50.2 Å². The first-order valence-corrected chi connectivity index (χ1v) is 10.7. The minimum absolute atomic E-state index is 0.0454. The molecule has 1 amide bonds. The molecule has 0 unspecified atom stereocenters. The molecule has 0 spiro atoms. The first-order chi connectivity index (χ1) is 15.9. The number of hydrogen-bond acceptors (Lipinski definition) is 7. The van der Waals surface area contributed by atoms with Crippen molar-refractivity contribution in [2.24, 2.45) is 0 Å². The Bertz CT molecular complexity index is 1400. The van der Waals surface area contributed by atoms with Gasteiger partial charge < -0.3 is 23.7 Å². The van der Waals surface area contributed by atoms with Crippen LogP contribution in [-0.2, 0) is 0 Å². The number of amides is 1. The van der Waals surface area contributed by atoms with Crippen LogP contribution in [0.15, 0.2) is 62.3 Å². The van der Waals surface area contributed by atoms with Crippen molar-refractivity contribution in [1.82, 2.24) is 9.88 Å². The van der Waals surface area contributed by atoms with Crippen molar-refractivity contribution >= 4 is 22.7 Å². The second kappa shape index (κ2) is 8.12. The Morgan fingerprint density at radius 3 is 2.52 bits per heavy atom. The van der Waals surface area contributed by atoms with Crippen molar-refractivity contribution in [2.45, 2.75) is 13.8 Å². The molecule has 8 heteroatoms. The second-order valence-electron chi connectivity index (χ2n) is 8.15. The Hall–Kier alpha value is -4.07. The van der Waals surface area contributed by atoms with Crippen LogP contribution in [0.25, 0.3) is 22.5 Å². The average Bonchev–Trinajstić information content (AvgIpc) is 3.28. The van der Waals surface area contributed by atoms with Gasteiger partial charge in [0.25, 0.3) is 5.91 Å². The number of carbonyl (C=O) groups excluding carboxylic acids is 1. The fourth-order valence-electron chi connectivity index (χ4n) is 4.12. The number of piperazine rings is 1. The number of rotatable bonds is 3. The topological polar surface area (TPSA) is 100 Å². The van der Waals surface area contributed by atoms with E-state index < -0.39 is 5.63 Å². The van der Waals surface area contributed by atoms with E-state index in [-0.39, 0.29) is 23.0 Å². The molecule has 33 heavy (non-hydrogen) atoms. The number of aromatic hydroxyl groups is 1. The third-order valence-corrected chi connectivity index (χ3v) is 6.08. The van der Waals surface area contributed by atoms with Gasteiger partial charge in [0, 0.05) is 48.9 Å². The summed E-state index contributed by atoms with van der Waals surface area (Å²) in [5.41, 5.74) is 1.08. The number of pyridine rings is 1. The summed E-state index contributed by atoms with van der Waals surface area (Å²) in [6.45, 7) is 5.82. The van der Waals surface area contributed by atoms with E-state index in [1.54, 1.807) is 37.4 Å². The highest BCUT2D eigenvalue weighted by Crippen LogP contribution is 2.34. The molecule has 5 rings (SSSR count). The summed E-state index contributed by atoms with van der Waals surface area (Å²) < 4.78 is 11.2. The zero-order chi connectivity index (χ0) is 23.1. The van der Waals surface area contributed by atoms with Crippen molar-refractivity contribution < 1.29 is 18.7 Å². The molecule has 1 aromatic carbocycles. The molecule has 0 bridgehead atoms. The smallest absolute Gasteiger partial charge is 0.343 e. The number of anilines is 1. The zero-order valence-corrected chi connectivity index (χ0v) is 18.4. The Morgan fingerprint density at radius 2 is 1.79 bits per heavy atom. The van der Waals surface area contributed by atoms with Crippen molar-refractivity contribution in [3.05, 3.63) is 75.8 Å². The summed E-state index contributed by atoms with van der Waals surface area (Å²) in [7, 11) is 0. The van der Waals surface area contributed by atoms with Gasteiger partial charge in [-0.15, -0.1) is 0 Å². The van der Waals surface area contributed by atoms with E-state index in [2.05, 4.69) is 9.88 Å². The van der Waals surface area contributed by atoms with E-state index in [4.69, 9.17) is 8.83 Å². The van der Waals surface area contributed by atoms with E-state index >= 15 is 0 Å². The molecule has 168 valence electrons. The summed E-state index contributed by atoms with van der Waals surface area (Å²) in [5, 5.41) is 10.9. The Labute approximate surface area is 189 Å². The van der Waals surface area contributed by atoms with Gasteiger partial charge in [-0.25, -0.2) is 9.78 Å². The summed E-state index contributed by atoms with van der Waals surface area (Å²) in [6.07, 6.45) is 1.77. The van der Waals surface area contributed by atoms with Crippen molar-refractivity contribution in [3.8, 4) is 17.3 Å². The standard InChI is InChI=1S/C25H23N3O5/c1-15-22(29)16(2)25(31)33-23(15)20-14-18-13-17(6-7-19(18)32-20)24(30)28-11-9-27(10-12-28)21-5-3-4-8-26-21/h3-8,13-14,29H,9-12H2,1-2H3. The summed E-state index contributed by atoms with van der Waals surface area (Å²) in [4.78, 5) is 33.5. The molecule has 0 aliphatic carbocycles. The second-order valence-corrected chi connectivity index (χ2v) is 8.15. The molecule has 0 atom stereocenters. The van der Waals surface area contributed by atoms with Gasteiger partial charge in [0.15, 0.2) is 11.5 Å². The summed E-state index contributed by atoms with van der Waals surface area (Å²) in [5.74, 6) is 1.26. The molecule has 1 N–H and O–H groups in total. The lowest BCUT2D eigenvalue weighted by Crippen LogP contribution is -2.49. The number of fused-ring (bicyclic) bond motifs is 1. The van der Waals surface area contributed by atoms with E-state index in [1.165, 1.54) is 6.92 Å². The molecule has 0 radical (unpaired) electrons. The molecule has 1 aliphatic heterocycles. The van der Waals surface area contributed by atoms with Crippen LogP contribution in [0.1, 0.15) is 21.5 Å². The predicted octanol–water partition coefficient (Wildman–Crippen LogP) is 3.73. The van der Waals surface area contributed by atoms with Crippen molar-refractivity contribution in [2.75, 3.05) is 31.1 Å². The predicted molar refractivity (Wildman–Crippen MR) is 124 cm³/mol. The van der Waals surface area contributed by atoms with Crippen LogP contribution in [0.3, 0.4) is 0 Å². The van der Waals surface area contributed by atoms with E-state index in [9.17, 15) is 14.7 Å². The number of benzene rings is 1. The Morgan fingerprint density at radius 1 is 1.00 bits per heavy atom. The maximum absolute atomic E-state index is 13.1. The lowest BCUT2D eigenvalue weighted by Gasteiger charge is -2.35. The van der Waals surface area contributed by atoms with E-state index in [0.717, 1.165) is 18.9 Å². The highest BCUT2D eigenvalue weighted by molar-refractivity contribution is 5.98. The number of hydrogen-bond donors (Lipinski definition) is 1. The molecule has 3 aromatic heterocycles. The molecule has 4 aromatic rings. The maximum atomic E-state index is 13.1. The first kappa shape index (κ1) is 20.8. The molecule has 0 saturated carbocycles. The molecule has 4 heterocycles. The summed E-state index contributed by atoms with van der Waals surface area (Å²) >= 11 is 0. The van der Waals surface area contributed by atoms with Crippen LogP contribution in [0.4, 0.5) is 5.82 Å². The van der Waals surface area contributed by atoms with Crippen LogP contribution >= 0.6 is 0 Å². The van der Waals surface area contributed by atoms with Crippen LogP contribution < -0.4 is 10.5 Å². The lowest BCUT2D eigenvalue weighted by molar-refractivity contribution is 0.0746. The van der Waals surface area contributed by atoms with Gasteiger partial charge in [-0.3, -0.25) is 4.79 Å². The van der Waals surface area contributed by atoms with Gasteiger partial charge in [0.05, 0.1) is 5.56 Å². The third-order valence-electron chi connectivity index (χ3n) is 6.08. The molecular formula is C25H23N3O5. The molecule has 1 fully saturated rings. The van der Waals surface area contributed by atoms with Crippen molar-refractivity contribution in [1.29, 1.82) is 0 Å². The van der Waals surface area contributed by atoms with Gasteiger partial charge in [0.1, 0.15) is 17.2 Å². The molecule has 1 aliphatic rings. The molecule has 8 nitrogen and oxygen atoms in total. The van der Waals surface area contributed by atoms with Gasteiger partial charge in [-0.1, -0.05) is 6.07 Å². The van der Waals surface area contributed by atoms with Gasteiger partial charge in [0.2, 0.25) is 0 Å². The number of furan rings is 1. The minimum atomic E-state index is -0.616. The normalized spacial score (nSPS) is 14.1. The van der Waals surface area contributed by atoms with Crippen LogP contribution in [-0.4, -0.2) is 47.1 Å². The molecule has 1 saturated heterocycles. The number of nitrogens with zero attached hydrogens (tertiary/aromatic N) is 3. The van der Waals surface area contributed by atoms with Gasteiger partial charge in [-0.2, -0.15) is 0 Å². The lowest BCUT2D eigenvalue weighted by atomic mass is 10.1. The SMILES string of the molecule is Cc1c(-c2cc3cc(C(=O)N4CCN(c5ccccn5)CC4)ccc3o2)oc(=O)c(C)c1O. The van der Waals surface area contributed by atoms with Crippen LogP contribution in [0.5, 0.6) is 5.75 Å². The minimum Gasteiger partial charge on any atom is -0.507 e. The van der Waals surface area contributed by atoms with E-state index in [1.807, 2.05) is 23.1 Å². The molecular weight excluding hydrogens is 422 g/mol. The highest BCUT2D eigenvalue weighted by Gasteiger charge is 2.24. The zero-order valence-electron chi connectivity index (χ0n) is 18.4. The fourth-order valence-corrected chi connectivity index (χ4v) is 4.12. The fraction of sp³-hybridized carbons (Fsp3) is 0.240. The van der Waals surface area contributed by atoms with E-state index in [0.29, 0.717) is 40.9 Å². The Kier molecular flexibility index (Phi) is 5.12. The first-order valence-electron chi connectivity index (χ1n) is 10.7. The maximum Gasteiger partial charge on any atom is 0.343 e. The quantitative estimate of drug-likeness (QED) is 0.513. The summed E-state index contributed by atoms with van der Waals surface area (Å²) in [6, 6.07) is 12.8. The number of carbonyl (C=O) groups is 1.